The fraction of sp³-hybridized carbons (Fsp3) is 0.280. The lowest BCUT2D eigenvalue weighted by Gasteiger charge is -2.26. The Bertz CT molecular complexity index is 970. The van der Waals surface area contributed by atoms with Crippen LogP contribution in [-0.4, -0.2) is 20.8 Å². The predicted molar refractivity (Wildman–Crippen MR) is 115 cm³/mol. The van der Waals surface area contributed by atoms with Crippen molar-refractivity contribution in [1.29, 1.82) is 0 Å². The van der Waals surface area contributed by atoms with E-state index >= 15 is 0 Å². The summed E-state index contributed by atoms with van der Waals surface area (Å²) in [4.78, 5) is 0. The van der Waals surface area contributed by atoms with E-state index in [0.717, 1.165) is 11.1 Å². The van der Waals surface area contributed by atoms with Gasteiger partial charge in [0.05, 0.1) is 27.4 Å². The molecule has 0 amide bonds. The topological polar surface area (TPSA) is 36.9 Å². The number of methoxy groups -OCH3 is 2. The summed E-state index contributed by atoms with van der Waals surface area (Å²) < 4.78 is 36.5. The maximum atomic E-state index is 14.1. The molecule has 30 heavy (non-hydrogen) atoms. The highest BCUT2D eigenvalue weighted by atomic mass is 19.1. The molecule has 0 aliphatic heterocycles. The summed E-state index contributed by atoms with van der Waals surface area (Å²) in [5.41, 5.74) is 1.67. The van der Waals surface area contributed by atoms with Gasteiger partial charge in [-0.15, -0.1) is 0 Å². The number of benzene rings is 3. The first kappa shape index (κ1) is 21.7. The average molecular weight is 410 g/mol. The number of rotatable bonds is 9. The van der Waals surface area contributed by atoms with Crippen molar-refractivity contribution >= 4 is 0 Å². The van der Waals surface area contributed by atoms with E-state index in [9.17, 15) is 4.39 Å². The van der Waals surface area contributed by atoms with Gasteiger partial charge >= 0.3 is 0 Å². The van der Waals surface area contributed by atoms with Gasteiger partial charge in [0.2, 0.25) is 0 Å². The highest BCUT2D eigenvalue weighted by molar-refractivity contribution is 5.45. The standard InChI is InChI=1S/C25H27FO4/c1-25(2,19-11-13-22(27-3)24(15-19)28-4)17-29-16-18-10-12-21(26)23(14-18)30-20-8-6-5-7-9-20/h5-15H,16-17H2,1-4H3. The van der Waals surface area contributed by atoms with Gasteiger partial charge in [0.1, 0.15) is 5.75 Å². The SMILES string of the molecule is COc1ccc(C(C)(C)COCc2ccc(F)c(Oc3ccccc3)c2)cc1OC. The van der Waals surface area contributed by atoms with Crippen LogP contribution in [0, 0.1) is 5.82 Å². The summed E-state index contributed by atoms with van der Waals surface area (Å²) >= 11 is 0. The van der Waals surface area contributed by atoms with Crippen LogP contribution in [0.5, 0.6) is 23.0 Å². The van der Waals surface area contributed by atoms with Crippen LogP contribution >= 0.6 is 0 Å². The molecule has 5 heteroatoms. The van der Waals surface area contributed by atoms with Crippen LogP contribution in [0.2, 0.25) is 0 Å². The van der Waals surface area contributed by atoms with Crippen LogP contribution in [0.3, 0.4) is 0 Å². The second kappa shape index (κ2) is 9.63. The average Bonchev–Trinajstić information content (AvgIpc) is 2.76. The molecule has 0 saturated heterocycles. The Balaban J connectivity index is 1.65. The normalized spacial score (nSPS) is 11.2. The molecule has 0 fully saturated rings. The van der Waals surface area contributed by atoms with E-state index in [2.05, 4.69) is 13.8 Å². The first-order chi connectivity index (χ1) is 14.4. The van der Waals surface area contributed by atoms with Gasteiger partial charge in [-0.25, -0.2) is 4.39 Å². The van der Waals surface area contributed by atoms with Crippen LogP contribution in [0.15, 0.2) is 66.7 Å². The molecule has 0 aromatic heterocycles. The Morgan fingerprint density at radius 2 is 1.53 bits per heavy atom. The molecule has 158 valence electrons. The van der Waals surface area contributed by atoms with Gasteiger partial charge in [0, 0.05) is 5.41 Å². The maximum absolute atomic E-state index is 14.1. The molecule has 0 aliphatic carbocycles. The molecule has 0 aliphatic rings. The zero-order valence-electron chi connectivity index (χ0n) is 17.8. The van der Waals surface area contributed by atoms with E-state index in [0.29, 0.717) is 30.5 Å². The largest absolute Gasteiger partial charge is 0.493 e. The van der Waals surface area contributed by atoms with Gasteiger partial charge in [-0.3, -0.25) is 0 Å². The van der Waals surface area contributed by atoms with Crippen molar-refractivity contribution in [3.63, 3.8) is 0 Å². The molecule has 0 radical (unpaired) electrons. The summed E-state index contributed by atoms with van der Waals surface area (Å²) in [5, 5.41) is 0. The molecule has 3 aromatic rings. The number of hydrogen-bond donors (Lipinski definition) is 0. The number of halogens is 1. The van der Waals surface area contributed by atoms with Gasteiger partial charge in [0.25, 0.3) is 0 Å². The molecule has 3 aromatic carbocycles. The third-order valence-electron chi connectivity index (χ3n) is 4.86. The van der Waals surface area contributed by atoms with Crippen molar-refractivity contribution < 1.29 is 23.3 Å². The minimum atomic E-state index is -0.409. The number of para-hydroxylation sites is 1. The van der Waals surface area contributed by atoms with Gasteiger partial charge in [0.15, 0.2) is 23.1 Å². The van der Waals surface area contributed by atoms with E-state index in [1.807, 2.05) is 36.4 Å². The molecule has 0 unspecified atom stereocenters. The van der Waals surface area contributed by atoms with Crippen LogP contribution in [0.1, 0.15) is 25.0 Å². The molecule has 3 rings (SSSR count). The van der Waals surface area contributed by atoms with E-state index in [4.69, 9.17) is 18.9 Å². The molecule has 0 N–H and O–H groups in total. The van der Waals surface area contributed by atoms with Gasteiger partial charge in [-0.05, 0) is 47.5 Å². The maximum Gasteiger partial charge on any atom is 0.165 e. The summed E-state index contributed by atoms with van der Waals surface area (Å²) in [6.45, 7) is 5.03. The monoisotopic (exact) mass is 410 g/mol. The fourth-order valence-electron chi connectivity index (χ4n) is 3.10. The van der Waals surface area contributed by atoms with Gasteiger partial charge in [-0.2, -0.15) is 0 Å². The summed E-state index contributed by atoms with van der Waals surface area (Å²) in [6.07, 6.45) is 0. The van der Waals surface area contributed by atoms with E-state index in [1.165, 1.54) is 6.07 Å². The highest BCUT2D eigenvalue weighted by Gasteiger charge is 2.23. The smallest absolute Gasteiger partial charge is 0.165 e. The molecule has 0 atom stereocenters. The summed E-state index contributed by atoms with van der Waals surface area (Å²) in [7, 11) is 3.24. The highest BCUT2D eigenvalue weighted by Crippen LogP contribution is 2.33. The Kier molecular flexibility index (Phi) is 6.95. The lowest BCUT2D eigenvalue weighted by atomic mass is 9.85. The Morgan fingerprint density at radius 1 is 0.800 bits per heavy atom. The Labute approximate surface area is 177 Å². The third kappa shape index (κ3) is 5.30. The van der Waals surface area contributed by atoms with E-state index < -0.39 is 5.82 Å². The second-order valence-corrected chi connectivity index (χ2v) is 7.63. The Morgan fingerprint density at radius 3 is 2.23 bits per heavy atom. The zero-order valence-corrected chi connectivity index (χ0v) is 17.8. The minimum Gasteiger partial charge on any atom is -0.493 e. The molecule has 0 bridgehead atoms. The molecule has 4 nitrogen and oxygen atoms in total. The number of hydrogen-bond acceptors (Lipinski definition) is 4. The van der Waals surface area contributed by atoms with Crippen LogP contribution in [0.25, 0.3) is 0 Å². The van der Waals surface area contributed by atoms with Crippen molar-refractivity contribution in [2.45, 2.75) is 25.9 Å². The quantitative estimate of drug-likeness (QED) is 0.425. The van der Waals surface area contributed by atoms with E-state index in [1.54, 1.807) is 38.5 Å². The van der Waals surface area contributed by atoms with Crippen molar-refractivity contribution in [3.05, 3.63) is 83.7 Å². The summed E-state index contributed by atoms with van der Waals surface area (Å²) in [6, 6.07) is 19.8. The third-order valence-corrected chi connectivity index (χ3v) is 4.86. The van der Waals surface area contributed by atoms with Gasteiger partial charge in [-0.1, -0.05) is 44.2 Å². The first-order valence-corrected chi connectivity index (χ1v) is 9.74. The molecular weight excluding hydrogens is 383 g/mol. The number of ether oxygens (including phenoxy) is 4. The van der Waals surface area contributed by atoms with Gasteiger partial charge < -0.3 is 18.9 Å². The lowest BCUT2D eigenvalue weighted by Crippen LogP contribution is -2.24. The van der Waals surface area contributed by atoms with Crippen LogP contribution < -0.4 is 14.2 Å². The van der Waals surface area contributed by atoms with Crippen LogP contribution in [-0.2, 0) is 16.8 Å². The lowest BCUT2D eigenvalue weighted by molar-refractivity contribution is 0.0822. The molecular formula is C25H27FO4. The van der Waals surface area contributed by atoms with Crippen molar-refractivity contribution in [3.8, 4) is 23.0 Å². The van der Waals surface area contributed by atoms with Crippen molar-refractivity contribution in [2.75, 3.05) is 20.8 Å². The molecule has 0 heterocycles. The second-order valence-electron chi connectivity index (χ2n) is 7.63. The van der Waals surface area contributed by atoms with Crippen LogP contribution in [0.4, 0.5) is 4.39 Å². The first-order valence-electron chi connectivity index (χ1n) is 9.74. The minimum absolute atomic E-state index is 0.182. The van der Waals surface area contributed by atoms with E-state index in [-0.39, 0.29) is 11.2 Å². The molecule has 0 spiro atoms. The predicted octanol–water partition coefficient (Wildman–Crippen LogP) is 6.13. The van der Waals surface area contributed by atoms with Crippen molar-refractivity contribution in [2.24, 2.45) is 0 Å². The zero-order chi connectivity index (χ0) is 21.6. The molecule has 0 saturated carbocycles. The fourth-order valence-corrected chi connectivity index (χ4v) is 3.10. The van der Waals surface area contributed by atoms with Crippen molar-refractivity contribution in [1.82, 2.24) is 0 Å². The summed E-state index contributed by atoms with van der Waals surface area (Å²) in [5.74, 6) is 1.73. The Hall–Kier alpha value is -3.05.